The molecule has 0 saturated heterocycles. The second-order valence-electron chi connectivity index (χ2n) is 1.15. The van der Waals surface area contributed by atoms with Crippen LogP contribution in [-0.4, -0.2) is 9.12 Å². The minimum atomic E-state index is 0. The molecule has 0 nitrogen and oxygen atoms in total. The van der Waals surface area contributed by atoms with Crippen LogP contribution in [0.5, 0.6) is 0 Å². The van der Waals surface area contributed by atoms with Gasteiger partial charge in [0.25, 0.3) is 0 Å². The van der Waals surface area contributed by atoms with Gasteiger partial charge in [0, 0.05) is 35.3 Å². The van der Waals surface area contributed by atoms with E-state index in [1.165, 1.54) is 0 Å². The normalized spacial score (nSPS) is 6.86. The second-order valence-corrected chi connectivity index (χ2v) is 2.31. The molecule has 0 amide bonds. The molecule has 0 N–H and O–H groups in total. The summed E-state index contributed by atoms with van der Waals surface area (Å²) in [5.74, 6) is 0. The Labute approximate surface area is 64.8 Å². The summed E-state index contributed by atoms with van der Waals surface area (Å²) in [4.78, 5) is 0. The summed E-state index contributed by atoms with van der Waals surface area (Å²) in [6, 6.07) is 6.24. The minimum absolute atomic E-state index is 0. The predicted molar refractivity (Wildman–Crippen MR) is 29.2 cm³/mol. The van der Waals surface area contributed by atoms with E-state index in [1.54, 1.807) is 0 Å². The zero-order chi connectivity index (χ0) is 4.24. The van der Waals surface area contributed by atoms with Crippen molar-refractivity contribution in [2.45, 2.75) is 0 Å². The monoisotopic (exact) mass is 184 g/mol. The molecule has 0 unspecified atom stereocenters. The first-order valence-electron chi connectivity index (χ1n) is 2.00. The smallest absolute Gasteiger partial charge is 0.0198 e. The number of hydrogen-bond donors (Lipinski definition) is 0. The summed E-state index contributed by atoms with van der Waals surface area (Å²) >= 11 is 0. The third kappa shape index (κ3) is 3.07. The standard InChI is InChI=1S/C5H6Si.Zr/c1-2-4-6-5-3-1;/h1-6H;. The van der Waals surface area contributed by atoms with Crippen molar-refractivity contribution < 1.29 is 26.2 Å². The maximum Gasteiger partial charge on any atom is 0.0198 e. The molecule has 0 spiro atoms. The average Bonchev–Trinajstić information content (AvgIpc) is 1.72. The molecule has 2 heteroatoms. The predicted octanol–water partition coefficient (Wildman–Crippen LogP) is 0.754. The quantitative estimate of drug-likeness (QED) is 0.524. The van der Waals surface area contributed by atoms with Crippen LogP contribution in [0.15, 0.2) is 29.6 Å². The fourth-order valence-corrected chi connectivity index (χ4v) is 1.03. The Hall–Kier alpha value is 0.450. The van der Waals surface area contributed by atoms with E-state index in [-0.39, 0.29) is 26.2 Å². The topological polar surface area (TPSA) is 0 Å². The Balaban J connectivity index is 0.000000360. The van der Waals surface area contributed by atoms with Gasteiger partial charge in [0.05, 0.1) is 0 Å². The SMILES string of the molecule is [Zr].c1cc[siH]cc1. The molecule has 0 bridgehead atoms. The molecule has 0 aromatic carbocycles. The third-order valence-corrected chi connectivity index (χ3v) is 1.56. The molecule has 1 aromatic rings. The van der Waals surface area contributed by atoms with Gasteiger partial charge in [0.2, 0.25) is 0 Å². The Kier molecular flexibility index (Phi) is 4.90. The van der Waals surface area contributed by atoms with Crippen LogP contribution in [-0.2, 0) is 26.2 Å². The summed E-state index contributed by atoms with van der Waals surface area (Å²) in [7, 11) is 0.513. The molecule has 0 aliphatic heterocycles. The van der Waals surface area contributed by atoms with Crippen molar-refractivity contribution in [3.05, 3.63) is 29.6 Å². The van der Waals surface area contributed by atoms with Crippen LogP contribution >= 0.6 is 0 Å². The van der Waals surface area contributed by atoms with Crippen LogP contribution in [0.2, 0.25) is 0 Å². The van der Waals surface area contributed by atoms with Crippen LogP contribution in [0.25, 0.3) is 0 Å². The van der Waals surface area contributed by atoms with Crippen molar-refractivity contribution in [2.24, 2.45) is 0 Å². The molecule has 1 rings (SSSR count). The van der Waals surface area contributed by atoms with Gasteiger partial charge in [-0.3, -0.25) is 0 Å². The van der Waals surface area contributed by atoms with Gasteiger partial charge in [-0.25, -0.2) is 0 Å². The molecule has 0 aliphatic carbocycles. The molecular weight excluding hydrogens is 179 g/mol. The van der Waals surface area contributed by atoms with Crippen molar-refractivity contribution in [3.8, 4) is 0 Å². The first-order valence-corrected chi connectivity index (χ1v) is 3.33. The number of hydrogen-bond acceptors (Lipinski definition) is 0. The average molecular weight is 185 g/mol. The first-order chi connectivity index (χ1) is 3.00. The minimum Gasteiger partial charge on any atom is -0.0805 e. The van der Waals surface area contributed by atoms with Gasteiger partial charge in [-0.1, -0.05) is 29.6 Å². The largest absolute Gasteiger partial charge is 0.0805 e. The molecule has 0 saturated carbocycles. The Bertz CT molecular complexity index is 80.0. The van der Waals surface area contributed by atoms with Gasteiger partial charge < -0.3 is 0 Å². The van der Waals surface area contributed by atoms with E-state index in [0.717, 1.165) is 0 Å². The molecular formula is C5H6SiZr. The summed E-state index contributed by atoms with van der Waals surface area (Å²) in [6.07, 6.45) is 0. The van der Waals surface area contributed by atoms with E-state index in [0.29, 0.717) is 9.12 Å². The summed E-state index contributed by atoms with van der Waals surface area (Å²) in [6.45, 7) is 0. The number of rotatable bonds is 0. The van der Waals surface area contributed by atoms with E-state index < -0.39 is 0 Å². The van der Waals surface area contributed by atoms with Crippen molar-refractivity contribution in [1.29, 1.82) is 0 Å². The Morgan fingerprint density at radius 1 is 0.857 bits per heavy atom. The van der Waals surface area contributed by atoms with Crippen molar-refractivity contribution >= 4 is 9.12 Å². The van der Waals surface area contributed by atoms with Crippen LogP contribution in [0.4, 0.5) is 0 Å². The van der Waals surface area contributed by atoms with E-state index in [2.05, 4.69) is 29.6 Å². The zero-order valence-electron chi connectivity index (χ0n) is 3.96. The Morgan fingerprint density at radius 2 is 1.43 bits per heavy atom. The fourth-order valence-electron chi connectivity index (χ4n) is 0.385. The van der Waals surface area contributed by atoms with Crippen LogP contribution in [0.3, 0.4) is 0 Å². The van der Waals surface area contributed by atoms with Gasteiger partial charge in [-0.15, -0.1) is 0 Å². The molecule has 34 valence electrons. The summed E-state index contributed by atoms with van der Waals surface area (Å²) in [5, 5.41) is 0. The van der Waals surface area contributed by atoms with Crippen LogP contribution < -0.4 is 0 Å². The maximum absolute atomic E-state index is 2.21. The van der Waals surface area contributed by atoms with Crippen molar-refractivity contribution in [1.82, 2.24) is 0 Å². The molecule has 0 atom stereocenters. The van der Waals surface area contributed by atoms with Gasteiger partial charge in [0.1, 0.15) is 0 Å². The molecule has 0 fully saturated rings. The van der Waals surface area contributed by atoms with E-state index >= 15 is 0 Å². The van der Waals surface area contributed by atoms with E-state index in [1.807, 2.05) is 0 Å². The second kappa shape index (κ2) is 4.61. The van der Waals surface area contributed by atoms with Crippen LogP contribution in [0, 0.1) is 0 Å². The third-order valence-electron chi connectivity index (χ3n) is 0.667. The fraction of sp³-hybridized carbons (Fsp3) is 0. The van der Waals surface area contributed by atoms with Gasteiger partial charge >= 0.3 is 0 Å². The van der Waals surface area contributed by atoms with Gasteiger partial charge in [-0.2, -0.15) is 0 Å². The molecule has 7 heavy (non-hydrogen) atoms. The molecule has 0 radical (unpaired) electrons. The van der Waals surface area contributed by atoms with E-state index in [4.69, 9.17) is 0 Å². The Morgan fingerprint density at radius 3 is 1.57 bits per heavy atom. The van der Waals surface area contributed by atoms with Crippen molar-refractivity contribution in [3.63, 3.8) is 0 Å². The molecule has 1 heterocycles. The van der Waals surface area contributed by atoms with Crippen LogP contribution in [0.1, 0.15) is 0 Å². The van der Waals surface area contributed by atoms with E-state index in [9.17, 15) is 0 Å². The molecule has 0 aliphatic rings. The van der Waals surface area contributed by atoms with Gasteiger partial charge in [-0.05, 0) is 0 Å². The zero-order valence-corrected chi connectivity index (χ0v) is 7.58. The van der Waals surface area contributed by atoms with Gasteiger partial charge in [0.15, 0.2) is 0 Å². The molecule has 1 aromatic heterocycles. The summed E-state index contributed by atoms with van der Waals surface area (Å²) in [5.41, 5.74) is 4.42. The summed E-state index contributed by atoms with van der Waals surface area (Å²) < 4.78 is 0. The maximum atomic E-state index is 2.21. The van der Waals surface area contributed by atoms with Crippen molar-refractivity contribution in [2.75, 3.05) is 0 Å². The first kappa shape index (κ1) is 7.45.